The second-order valence-corrected chi connectivity index (χ2v) is 6.82. The van der Waals surface area contributed by atoms with Crippen LogP contribution in [0.3, 0.4) is 0 Å². The quantitative estimate of drug-likeness (QED) is 0.901. The average molecular weight is 370 g/mol. The van der Waals surface area contributed by atoms with E-state index in [-0.39, 0.29) is 23.6 Å². The van der Waals surface area contributed by atoms with Gasteiger partial charge in [-0.15, -0.1) is 11.3 Å². The molecule has 1 N–H and O–H groups in total. The van der Waals surface area contributed by atoms with E-state index in [1.807, 2.05) is 11.4 Å². The molecule has 1 amide bonds. The van der Waals surface area contributed by atoms with Crippen LogP contribution in [0.2, 0.25) is 0 Å². The van der Waals surface area contributed by atoms with Crippen LogP contribution >= 0.6 is 11.3 Å². The Bertz CT molecular complexity index is 740. The van der Waals surface area contributed by atoms with Crippen LogP contribution in [0.15, 0.2) is 23.6 Å². The van der Waals surface area contributed by atoms with Crippen LogP contribution in [-0.4, -0.2) is 35.0 Å². The summed E-state index contributed by atoms with van der Waals surface area (Å²) in [6.07, 6.45) is -3.18. The van der Waals surface area contributed by atoms with Gasteiger partial charge in [-0.2, -0.15) is 13.2 Å². The predicted octanol–water partition coefficient (Wildman–Crippen LogP) is 3.26. The number of carbonyl (C=O) groups is 1. The van der Waals surface area contributed by atoms with Crippen molar-refractivity contribution < 1.29 is 18.0 Å². The van der Waals surface area contributed by atoms with Gasteiger partial charge in [0.05, 0.1) is 4.88 Å². The summed E-state index contributed by atoms with van der Waals surface area (Å²) in [5.41, 5.74) is -0.928. The lowest BCUT2D eigenvalue weighted by molar-refractivity contribution is -0.141. The fraction of sp³-hybridized carbons (Fsp3) is 0.438. The molecule has 1 aliphatic rings. The third-order valence-corrected chi connectivity index (χ3v) is 4.88. The summed E-state index contributed by atoms with van der Waals surface area (Å²) in [5.74, 6) is 0.270. The molecule has 25 heavy (non-hydrogen) atoms. The summed E-state index contributed by atoms with van der Waals surface area (Å²) in [6, 6.07) is 4.57. The number of hydrogen-bond donors (Lipinski definition) is 1. The van der Waals surface area contributed by atoms with E-state index in [0.717, 1.165) is 6.07 Å². The first-order chi connectivity index (χ1) is 11.8. The number of piperidine rings is 1. The van der Waals surface area contributed by atoms with Gasteiger partial charge in [0, 0.05) is 25.2 Å². The van der Waals surface area contributed by atoms with E-state index in [4.69, 9.17) is 0 Å². The molecule has 0 spiro atoms. The third kappa shape index (κ3) is 4.28. The molecule has 134 valence electrons. The van der Waals surface area contributed by atoms with Crippen molar-refractivity contribution in [3.8, 4) is 0 Å². The van der Waals surface area contributed by atoms with Gasteiger partial charge in [-0.1, -0.05) is 6.07 Å². The largest absolute Gasteiger partial charge is 0.433 e. The lowest BCUT2D eigenvalue weighted by Gasteiger charge is -2.33. The molecule has 0 unspecified atom stereocenters. The van der Waals surface area contributed by atoms with Crippen LogP contribution in [0, 0.1) is 6.92 Å². The standard InChI is InChI=1S/C16H17F3N4OS/c1-10-20-13(16(17,18)19)9-14(21-10)23-6-4-11(5-7-23)22-15(24)12-3-2-8-25-12/h2-3,8-9,11H,4-7H2,1H3,(H,22,24). The number of aryl methyl sites for hydroxylation is 1. The van der Waals surface area contributed by atoms with E-state index in [2.05, 4.69) is 15.3 Å². The number of halogens is 3. The number of aromatic nitrogens is 2. The molecule has 3 heterocycles. The van der Waals surface area contributed by atoms with Crippen molar-refractivity contribution in [2.24, 2.45) is 0 Å². The molecule has 2 aromatic rings. The molecule has 0 saturated carbocycles. The molecule has 2 aromatic heterocycles. The van der Waals surface area contributed by atoms with Gasteiger partial charge in [0.2, 0.25) is 0 Å². The Balaban J connectivity index is 1.62. The van der Waals surface area contributed by atoms with Crippen LogP contribution in [0.4, 0.5) is 19.0 Å². The molecule has 0 aliphatic carbocycles. The Morgan fingerprint density at radius 1 is 1.32 bits per heavy atom. The minimum Gasteiger partial charge on any atom is -0.356 e. The molecule has 0 radical (unpaired) electrons. The molecule has 5 nitrogen and oxygen atoms in total. The Labute approximate surface area is 146 Å². The topological polar surface area (TPSA) is 58.1 Å². The Morgan fingerprint density at radius 2 is 2.04 bits per heavy atom. The van der Waals surface area contributed by atoms with Crippen molar-refractivity contribution in [1.29, 1.82) is 0 Å². The lowest BCUT2D eigenvalue weighted by atomic mass is 10.0. The number of alkyl halides is 3. The Morgan fingerprint density at radius 3 is 2.64 bits per heavy atom. The average Bonchev–Trinajstić information content (AvgIpc) is 3.09. The number of thiophene rings is 1. The van der Waals surface area contributed by atoms with Gasteiger partial charge in [-0.3, -0.25) is 4.79 Å². The number of amides is 1. The van der Waals surface area contributed by atoms with E-state index in [1.165, 1.54) is 18.3 Å². The smallest absolute Gasteiger partial charge is 0.356 e. The van der Waals surface area contributed by atoms with E-state index in [9.17, 15) is 18.0 Å². The van der Waals surface area contributed by atoms with Crippen LogP contribution in [0.5, 0.6) is 0 Å². The van der Waals surface area contributed by atoms with E-state index in [1.54, 1.807) is 11.0 Å². The second-order valence-electron chi connectivity index (χ2n) is 5.87. The van der Waals surface area contributed by atoms with Crippen molar-refractivity contribution in [3.63, 3.8) is 0 Å². The van der Waals surface area contributed by atoms with E-state index in [0.29, 0.717) is 30.8 Å². The highest BCUT2D eigenvalue weighted by Crippen LogP contribution is 2.30. The van der Waals surface area contributed by atoms with Gasteiger partial charge in [0.25, 0.3) is 5.91 Å². The third-order valence-electron chi connectivity index (χ3n) is 4.01. The van der Waals surface area contributed by atoms with Crippen molar-refractivity contribution in [1.82, 2.24) is 15.3 Å². The number of hydrogen-bond acceptors (Lipinski definition) is 5. The number of nitrogens with one attached hydrogen (secondary N) is 1. The molecular formula is C16H17F3N4OS. The van der Waals surface area contributed by atoms with Gasteiger partial charge in [0.15, 0.2) is 0 Å². The number of carbonyl (C=O) groups excluding carboxylic acids is 1. The van der Waals surface area contributed by atoms with Crippen LogP contribution < -0.4 is 10.2 Å². The first kappa shape index (κ1) is 17.7. The lowest BCUT2D eigenvalue weighted by Crippen LogP contribution is -2.45. The van der Waals surface area contributed by atoms with Crippen molar-refractivity contribution in [2.45, 2.75) is 32.0 Å². The van der Waals surface area contributed by atoms with E-state index >= 15 is 0 Å². The zero-order valence-corrected chi connectivity index (χ0v) is 14.3. The Kier molecular flexibility index (Phi) is 4.94. The molecule has 1 aliphatic heterocycles. The molecule has 1 saturated heterocycles. The van der Waals surface area contributed by atoms with Crippen LogP contribution in [0.1, 0.15) is 34.0 Å². The fourth-order valence-corrected chi connectivity index (χ4v) is 3.40. The summed E-state index contributed by atoms with van der Waals surface area (Å²) in [4.78, 5) is 22.1. The number of nitrogens with zero attached hydrogens (tertiary/aromatic N) is 3. The summed E-state index contributed by atoms with van der Waals surface area (Å²) >= 11 is 1.38. The maximum Gasteiger partial charge on any atom is 0.433 e. The maximum absolute atomic E-state index is 12.9. The minimum atomic E-state index is -4.49. The molecule has 0 aromatic carbocycles. The first-order valence-corrected chi connectivity index (χ1v) is 8.73. The number of rotatable bonds is 3. The maximum atomic E-state index is 12.9. The van der Waals surface area contributed by atoms with Crippen molar-refractivity contribution >= 4 is 23.1 Å². The van der Waals surface area contributed by atoms with Crippen molar-refractivity contribution in [2.75, 3.05) is 18.0 Å². The zero-order valence-electron chi connectivity index (χ0n) is 13.5. The highest BCUT2D eigenvalue weighted by molar-refractivity contribution is 7.12. The molecule has 0 atom stereocenters. The van der Waals surface area contributed by atoms with Crippen LogP contribution in [-0.2, 0) is 6.18 Å². The van der Waals surface area contributed by atoms with E-state index < -0.39 is 11.9 Å². The number of anilines is 1. The Hall–Kier alpha value is -2.16. The van der Waals surface area contributed by atoms with Gasteiger partial charge in [-0.05, 0) is 31.2 Å². The van der Waals surface area contributed by atoms with Gasteiger partial charge >= 0.3 is 6.18 Å². The highest BCUT2D eigenvalue weighted by atomic mass is 32.1. The minimum absolute atomic E-state index is 0.0101. The molecule has 1 fully saturated rings. The highest BCUT2D eigenvalue weighted by Gasteiger charge is 2.34. The summed E-state index contributed by atoms with van der Waals surface area (Å²) in [6.45, 7) is 2.51. The summed E-state index contributed by atoms with van der Waals surface area (Å²) in [7, 11) is 0. The van der Waals surface area contributed by atoms with Gasteiger partial charge < -0.3 is 10.2 Å². The van der Waals surface area contributed by atoms with Crippen LogP contribution in [0.25, 0.3) is 0 Å². The first-order valence-electron chi connectivity index (χ1n) is 7.85. The SMILES string of the molecule is Cc1nc(N2CCC(NC(=O)c3cccs3)CC2)cc(C(F)(F)F)n1. The summed E-state index contributed by atoms with van der Waals surface area (Å²) in [5, 5.41) is 4.81. The zero-order chi connectivity index (χ0) is 18.0. The second kappa shape index (κ2) is 6.99. The monoisotopic (exact) mass is 370 g/mol. The normalized spacial score (nSPS) is 16.1. The predicted molar refractivity (Wildman–Crippen MR) is 88.8 cm³/mol. The molecule has 3 rings (SSSR count). The fourth-order valence-electron chi connectivity index (χ4n) is 2.78. The molecular weight excluding hydrogens is 353 g/mol. The van der Waals surface area contributed by atoms with Crippen molar-refractivity contribution in [3.05, 3.63) is 40.0 Å². The van der Waals surface area contributed by atoms with Gasteiger partial charge in [-0.25, -0.2) is 9.97 Å². The van der Waals surface area contributed by atoms with Gasteiger partial charge in [0.1, 0.15) is 17.3 Å². The molecule has 0 bridgehead atoms. The molecule has 9 heteroatoms. The summed E-state index contributed by atoms with van der Waals surface area (Å²) < 4.78 is 38.7.